The normalized spacial score (nSPS) is 18.7. The molecular formula is C88H102BrF3N14O5. The van der Waals surface area contributed by atoms with Crippen LogP contribution in [0.3, 0.4) is 0 Å². The summed E-state index contributed by atoms with van der Waals surface area (Å²) < 4.78 is 68.8. The van der Waals surface area contributed by atoms with Crippen molar-refractivity contribution < 1.29 is 37.0 Å². The Hall–Kier alpha value is -9.33. The number of fused-ring (bicyclic) bond motifs is 1. The molecule has 1 N–H and O–H groups in total. The molecule has 5 aromatic carbocycles. The molecule has 6 aromatic heterocycles. The number of carbonyl (C=O) groups excluding carboxylic acids is 2. The van der Waals surface area contributed by atoms with Crippen molar-refractivity contribution in [2.75, 3.05) is 92.9 Å². The van der Waals surface area contributed by atoms with E-state index in [1.807, 2.05) is 195 Å². The predicted molar refractivity (Wildman–Crippen MR) is 431 cm³/mol. The van der Waals surface area contributed by atoms with Gasteiger partial charge in [-0.05, 0) is 187 Å². The van der Waals surface area contributed by atoms with E-state index in [2.05, 4.69) is 45.8 Å². The molecule has 0 radical (unpaired) electrons. The number of hydrogen-bond donors (Lipinski definition) is 1. The van der Waals surface area contributed by atoms with Crippen LogP contribution in [0.2, 0.25) is 0 Å². The third-order valence-electron chi connectivity index (χ3n) is 22.5. The Bertz CT molecular complexity index is 5030. The minimum absolute atomic E-state index is 0.152. The minimum atomic E-state index is -0.195. The van der Waals surface area contributed by atoms with Gasteiger partial charge in [0.2, 0.25) is 0 Å². The number of benzene rings is 5. The molecule has 19 nitrogen and oxygen atoms in total. The first-order valence-corrected chi connectivity index (χ1v) is 39.5. The average Bonchev–Trinajstić information content (AvgIpc) is 1.72. The summed E-state index contributed by atoms with van der Waals surface area (Å²) >= 11 is 3.70. The second kappa shape index (κ2) is 36.4. The number of methoxy groups -OCH3 is 2. The molecule has 15 rings (SSSR count). The monoisotopic (exact) mass is 1570 g/mol. The van der Waals surface area contributed by atoms with Gasteiger partial charge in [-0.25, -0.2) is 27.5 Å². The topological polar surface area (TPSA) is 184 Å². The lowest BCUT2D eigenvalue weighted by Crippen LogP contribution is -2.26. The van der Waals surface area contributed by atoms with Gasteiger partial charge in [-0.3, -0.25) is 23.4 Å². The van der Waals surface area contributed by atoms with Crippen LogP contribution in [0.4, 0.5) is 13.2 Å². The van der Waals surface area contributed by atoms with E-state index in [0.29, 0.717) is 92.8 Å². The van der Waals surface area contributed by atoms with Gasteiger partial charge in [-0.2, -0.15) is 20.4 Å². The van der Waals surface area contributed by atoms with Gasteiger partial charge in [-0.15, -0.1) is 0 Å². The third kappa shape index (κ3) is 19.6. The molecule has 582 valence electrons. The molecule has 1 saturated carbocycles. The molecule has 11 aromatic rings. The molecule has 4 fully saturated rings. The van der Waals surface area contributed by atoms with Crippen LogP contribution < -0.4 is 0 Å². The van der Waals surface area contributed by atoms with Crippen LogP contribution in [0.5, 0.6) is 0 Å². The molecule has 4 aliphatic rings. The highest BCUT2D eigenvalue weighted by molar-refractivity contribution is 9.10. The number of hydrogen-bond acceptors (Lipinski definition) is 14. The first-order chi connectivity index (χ1) is 53.6. The van der Waals surface area contributed by atoms with E-state index in [4.69, 9.17) is 29.8 Å². The number of ether oxygens (including phenoxy) is 3. The second-order valence-electron chi connectivity index (χ2n) is 30.7. The molecular weight excluding hydrogens is 1470 g/mol. The molecule has 0 amide bonds. The summed E-state index contributed by atoms with van der Waals surface area (Å²) in [5.41, 5.74) is 17.0. The second-order valence-corrected chi connectivity index (χ2v) is 31.5. The van der Waals surface area contributed by atoms with Gasteiger partial charge >= 0.3 is 0 Å². The van der Waals surface area contributed by atoms with Crippen LogP contribution in [-0.2, 0) is 57.2 Å². The van der Waals surface area contributed by atoms with E-state index < -0.39 is 0 Å². The molecule has 3 aliphatic heterocycles. The number of likely N-dealkylation sites (tertiary alicyclic amines) is 3. The summed E-state index contributed by atoms with van der Waals surface area (Å²) in [6, 6.07) is 44.1. The van der Waals surface area contributed by atoms with Crippen LogP contribution in [-0.4, -0.2) is 180 Å². The summed E-state index contributed by atoms with van der Waals surface area (Å²) in [6.07, 6.45) is 13.0. The quantitative estimate of drug-likeness (QED) is 0.0437. The highest BCUT2D eigenvalue weighted by Crippen LogP contribution is 2.41. The molecule has 0 spiro atoms. The lowest BCUT2D eigenvalue weighted by molar-refractivity contribution is -0.120. The first-order valence-electron chi connectivity index (χ1n) is 38.7. The summed E-state index contributed by atoms with van der Waals surface area (Å²) in [5.74, 6) is 1.06. The molecule has 111 heavy (non-hydrogen) atoms. The Morgan fingerprint density at radius 1 is 0.568 bits per heavy atom. The maximum atomic E-state index is 14.1. The van der Waals surface area contributed by atoms with E-state index in [9.17, 15) is 22.8 Å². The van der Waals surface area contributed by atoms with Crippen LogP contribution in [0.25, 0.3) is 39.7 Å². The van der Waals surface area contributed by atoms with Gasteiger partial charge in [0, 0.05) is 173 Å². The fourth-order valence-corrected chi connectivity index (χ4v) is 16.8. The summed E-state index contributed by atoms with van der Waals surface area (Å²) in [4.78, 5) is 38.6. The molecule has 1 aliphatic carbocycles. The van der Waals surface area contributed by atoms with Crippen LogP contribution in [0.15, 0.2) is 169 Å². The fourth-order valence-electron chi connectivity index (χ4n) is 16.4. The smallest absolute Gasteiger partial charge is 0.139 e. The maximum absolute atomic E-state index is 14.1. The summed E-state index contributed by atoms with van der Waals surface area (Å²) in [6.45, 7) is 19.2. The zero-order valence-electron chi connectivity index (χ0n) is 65.1. The maximum Gasteiger partial charge on any atom is 0.139 e. The average molecular weight is 1570 g/mol. The van der Waals surface area contributed by atoms with Gasteiger partial charge < -0.3 is 34.3 Å². The molecule has 3 saturated heterocycles. The van der Waals surface area contributed by atoms with Crippen molar-refractivity contribution in [3.8, 4) is 34.0 Å². The Balaban J connectivity index is 0.000000147. The number of Topliss-reactive ketones (excluding diaryl/α,β-unsaturated/α-hetero) is 2. The fraction of sp³-hybridized carbons (Fsp3) is 0.409. The molecule has 0 bridgehead atoms. The highest BCUT2D eigenvalue weighted by Gasteiger charge is 2.39. The van der Waals surface area contributed by atoms with Gasteiger partial charge in [0.15, 0.2) is 0 Å². The zero-order valence-corrected chi connectivity index (χ0v) is 66.7. The number of para-hydroxylation sites is 2. The standard InChI is InChI=1S/C33H38FN5O2.C28H32FN5O2.C27H32BrFN4O/c1-22-15-24(9-12-31(22)34)30-21-38(13-14-41-29-10-11-29)20-25(30)16-28(40)17-32-23(2)33(26-18-35-37(3)19-26)36-39(32)27-7-5-4-6-8-27;1-19-13-20(7-8-25(19)29)24-18-33(11-12-36-3)17-21(24)14-23(35)15-22-16-26(31-32(22)2)27-5-4-6-28-30-9-10-34(27)28;1-18-13-20(9-10-25(18)29)24-17-32(11-12-34-3)16-21(24)14-22(30)15-26-27(28)19(2)31-33(26)23-7-5-4-6-8-23/h4-9,12,15,18-19,25,29-30H,10-11,13-14,16-17,20-21H2,1-3H3;4-10,13,16,21,24H,11-12,14-15,17-18H2,1-3H3;4-10,13,21,24,30H,11-12,14-17H2,1-3H3/t25-,30+;2*21-,24+/m111/s1. The van der Waals surface area contributed by atoms with Crippen molar-refractivity contribution in [3.63, 3.8) is 0 Å². The number of pyridine rings is 1. The molecule has 0 unspecified atom stereocenters. The number of ketones is 2. The van der Waals surface area contributed by atoms with Crippen molar-refractivity contribution >= 4 is 38.9 Å². The number of carbonyl (C=O) groups is 2. The third-order valence-corrected chi connectivity index (χ3v) is 23.5. The van der Waals surface area contributed by atoms with Crippen molar-refractivity contribution in [2.45, 2.75) is 110 Å². The zero-order chi connectivity index (χ0) is 78.0. The van der Waals surface area contributed by atoms with Crippen molar-refractivity contribution in [1.29, 1.82) is 5.41 Å². The number of nitrogens with zero attached hydrogens (tertiary/aromatic N) is 13. The number of aromatic nitrogens is 10. The van der Waals surface area contributed by atoms with E-state index in [1.54, 1.807) is 54.9 Å². The summed E-state index contributed by atoms with van der Waals surface area (Å²) in [7, 11) is 7.19. The van der Waals surface area contributed by atoms with E-state index in [0.717, 1.165) is 161 Å². The van der Waals surface area contributed by atoms with Crippen molar-refractivity contribution in [2.24, 2.45) is 31.8 Å². The SMILES string of the molecule is COCCN1C[C@@H](CC(=N)Cc2c(Br)c(C)nn2-c2ccccc2)[C@H](c2ccc(F)c(C)c2)C1.COCCN1C[C@@H](CC(=O)Cc2cc(-c3cccc4nccn34)nn2C)[C@H](c2ccc(F)c(C)c2)C1.Cc1cc([C@@H]2CN(CCOC3CC3)C[C@H]2CC(=O)Cc2c(C)c(-c3cnn(C)c3)nn2-c2ccccc2)ccc1F. The van der Waals surface area contributed by atoms with Crippen molar-refractivity contribution in [1.82, 2.24) is 63.2 Å². The minimum Gasteiger partial charge on any atom is -0.383 e. The lowest BCUT2D eigenvalue weighted by atomic mass is 9.84. The van der Waals surface area contributed by atoms with E-state index in [-0.39, 0.29) is 58.6 Å². The number of halogens is 4. The largest absolute Gasteiger partial charge is 0.383 e. The molecule has 9 heterocycles. The van der Waals surface area contributed by atoms with Crippen LogP contribution in [0, 0.1) is 75.2 Å². The van der Waals surface area contributed by atoms with Crippen molar-refractivity contribution in [3.05, 3.63) is 248 Å². The van der Waals surface area contributed by atoms with E-state index in [1.165, 1.54) is 0 Å². The number of imidazole rings is 1. The first kappa shape index (κ1) is 79.7. The predicted octanol–water partition coefficient (Wildman–Crippen LogP) is 15.2. The van der Waals surface area contributed by atoms with Gasteiger partial charge in [0.25, 0.3) is 0 Å². The highest BCUT2D eigenvalue weighted by atomic mass is 79.9. The molecule has 6 atom stereocenters. The van der Waals surface area contributed by atoms with Gasteiger partial charge in [0.05, 0.1) is 76.4 Å². The summed E-state index contributed by atoms with van der Waals surface area (Å²) in [5, 5.41) is 27.6. The number of nitrogens with one attached hydrogen (secondary N) is 1. The van der Waals surface area contributed by atoms with Crippen LogP contribution >= 0.6 is 15.9 Å². The Labute approximate surface area is 657 Å². The van der Waals surface area contributed by atoms with Gasteiger partial charge in [-0.1, -0.05) is 78.9 Å². The van der Waals surface area contributed by atoms with Gasteiger partial charge in [0.1, 0.15) is 40.4 Å². The number of rotatable bonds is 29. The van der Waals surface area contributed by atoms with Crippen LogP contribution in [0.1, 0.15) is 112 Å². The Kier molecular flexibility index (Phi) is 26.2. The lowest BCUT2D eigenvalue weighted by Gasteiger charge is -2.20. The Morgan fingerprint density at radius 3 is 1.59 bits per heavy atom. The molecule has 23 heteroatoms. The number of aryl methyl sites for hydroxylation is 6. The Morgan fingerprint density at radius 2 is 1.08 bits per heavy atom. The van der Waals surface area contributed by atoms with E-state index >= 15 is 0 Å².